The van der Waals surface area contributed by atoms with Crippen molar-refractivity contribution in [1.29, 1.82) is 0 Å². The molecule has 2 bridgehead atoms. The molecular weight excluding hydrogens is 615 g/mol. The van der Waals surface area contributed by atoms with Crippen LogP contribution < -0.4 is 4.90 Å². The van der Waals surface area contributed by atoms with Gasteiger partial charge in [-0.05, 0) is 60.7 Å². The molecular formula is C38H53N5O2Si2. The molecule has 0 N–H and O–H groups in total. The Morgan fingerprint density at radius 3 is 2.15 bits per heavy atom. The fourth-order valence-corrected chi connectivity index (χ4v) is 8.30. The summed E-state index contributed by atoms with van der Waals surface area (Å²) in [5.74, 6) is 3.09. The Bertz CT molecular complexity index is 1650. The van der Waals surface area contributed by atoms with Crippen molar-refractivity contribution in [3.8, 4) is 22.4 Å². The number of pyridine rings is 1. The first-order valence-electron chi connectivity index (χ1n) is 17.5. The molecule has 4 aromatic rings. The van der Waals surface area contributed by atoms with E-state index in [1.165, 1.54) is 18.4 Å². The largest absolute Gasteiger partial charge is 0.361 e. The molecule has 7 nitrogen and oxygen atoms in total. The molecule has 0 radical (unpaired) electrons. The lowest BCUT2D eigenvalue weighted by Gasteiger charge is -2.27. The van der Waals surface area contributed by atoms with E-state index in [0.717, 1.165) is 83.1 Å². The zero-order valence-corrected chi connectivity index (χ0v) is 31.5. The number of hydrogen-bond acceptors (Lipinski definition) is 6. The molecule has 47 heavy (non-hydrogen) atoms. The minimum absolute atomic E-state index is 0.444. The number of rotatable bonds is 14. The van der Waals surface area contributed by atoms with Gasteiger partial charge in [-0.15, -0.1) is 0 Å². The number of aromatic nitrogens is 4. The van der Waals surface area contributed by atoms with Gasteiger partial charge in [0.1, 0.15) is 19.3 Å². The van der Waals surface area contributed by atoms with Crippen LogP contribution in [0.25, 0.3) is 33.6 Å². The number of fused-ring (bicyclic) bond motifs is 3. The molecule has 3 unspecified atom stereocenters. The third kappa shape index (κ3) is 8.49. The van der Waals surface area contributed by atoms with E-state index in [2.05, 4.69) is 87.5 Å². The van der Waals surface area contributed by atoms with Gasteiger partial charge in [0.15, 0.2) is 5.65 Å². The first-order chi connectivity index (χ1) is 22.4. The maximum absolute atomic E-state index is 6.37. The normalized spacial score (nSPS) is 19.7. The summed E-state index contributed by atoms with van der Waals surface area (Å²) in [5.41, 5.74) is 7.29. The van der Waals surface area contributed by atoms with Gasteiger partial charge >= 0.3 is 0 Å². The number of hydrogen-bond donors (Lipinski definition) is 0. The summed E-state index contributed by atoms with van der Waals surface area (Å²) in [6.07, 6.45) is 10.1. The van der Waals surface area contributed by atoms with E-state index in [9.17, 15) is 0 Å². The Morgan fingerprint density at radius 2 is 1.53 bits per heavy atom. The van der Waals surface area contributed by atoms with Crippen LogP contribution in [0, 0.1) is 17.8 Å². The fourth-order valence-electron chi connectivity index (χ4n) is 6.78. The molecule has 250 valence electrons. The molecule has 2 aliphatic rings. The molecule has 0 amide bonds. The maximum Gasteiger partial charge on any atom is 0.165 e. The summed E-state index contributed by atoms with van der Waals surface area (Å²) < 4.78 is 14.7. The van der Waals surface area contributed by atoms with Gasteiger partial charge in [0.25, 0.3) is 0 Å². The van der Waals surface area contributed by atoms with Crippen LogP contribution in [0.15, 0.2) is 67.0 Å². The topological polar surface area (TPSA) is 64.8 Å². The summed E-state index contributed by atoms with van der Waals surface area (Å²) >= 11 is 0. The third-order valence-electron chi connectivity index (χ3n) is 9.74. The summed E-state index contributed by atoms with van der Waals surface area (Å²) in [5, 5.41) is 4.94. The minimum Gasteiger partial charge on any atom is -0.361 e. The van der Waals surface area contributed by atoms with Crippen LogP contribution in [0.1, 0.15) is 31.9 Å². The van der Waals surface area contributed by atoms with Crippen molar-refractivity contribution in [2.45, 2.75) is 77.6 Å². The first-order valence-corrected chi connectivity index (χ1v) is 24.9. The van der Waals surface area contributed by atoms with Crippen LogP contribution >= 0.6 is 0 Å². The molecule has 0 aliphatic heterocycles. The lowest BCUT2D eigenvalue weighted by Crippen LogP contribution is -2.33. The summed E-state index contributed by atoms with van der Waals surface area (Å²) in [6, 6.07) is 19.0. The monoisotopic (exact) mass is 667 g/mol. The Balaban J connectivity index is 1.38. The average molecular weight is 668 g/mol. The molecule has 2 aliphatic carbocycles. The van der Waals surface area contributed by atoms with Gasteiger partial charge in [-0.25, -0.2) is 4.98 Å². The Kier molecular flexibility index (Phi) is 10.2. The lowest BCUT2D eigenvalue weighted by molar-refractivity contribution is 0.0942. The van der Waals surface area contributed by atoms with E-state index < -0.39 is 16.1 Å². The number of anilines is 1. The van der Waals surface area contributed by atoms with Crippen LogP contribution in [-0.2, 0) is 9.47 Å². The first kappa shape index (κ1) is 33.8. The second kappa shape index (κ2) is 14.2. The maximum atomic E-state index is 6.37. The molecule has 9 heteroatoms. The van der Waals surface area contributed by atoms with Gasteiger partial charge in [0.2, 0.25) is 0 Å². The Labute approximate surface area is 283 Å². The average Bonchev–Trinajstić information content (AvgIpc) is 3.58. The zero-order valence-electron chi connectivity index (χ0n) is 29.5. The molecule has 1 saturated carbocycles. The van der Waals surface area contributed by atoms with Crippen molar-refractivity contribution in [2.24, 2.45) is 17.8 Å². The molecule has 3 aromatic heterocycles. The fraction of sp³-hybridized carbons (Fsp3) is 0.500. The second-order valence-electron chi connectivity index (χ2n) is 16.2. The summed E-state index contributed by atoms with van der Waals surface area (Å²) in [4.78, 5) is 12.4. The Morgan fingerprint density at radius 1 is 0.830 bits per heavy atom. The minimum atomic E-state index is -1.22. The van der Waals surface area contributed by atoms with Crippen molar-refractivity contribution >= 4 is 33.2 Å². The predicted octanol–water partition coefficient (Wildman–Crippen LogP) is 9.34. The highest BCUT2D eigenvalue weighted by Gasteiger charge is 2.35. The van der Waals surface area contributed by atoms with Gasteiger partial charge in [0.05, 0.1) is 17.6 Å². The van der Waals surface area contributed by atoms with Crippen LogP contribution in [-0.4, -0.2) is 62.4 Å². The van der Waals surface area contributed by atoms with Gasteiger partial charge in [-0.2, -0.15) is 9.61 Å². The van der Waals surface area contributed by atoms with E-state index >= 15 is 0 Å². The van der Waals surface area contributed by atoms with Crippen LogP contribution in [0.2, 0.25) is 51.4 Å². The lowest BCUT2D eigenvalue weighted by atomic mass is 9.86. The number of allylic oxidation sites excluding steroid dienone is 2. The van der Waals surface area contributed by atoms with Crippen molar-refractivity contribution < 1.29 is 9.47 Å². The van der Waals surface area contributed by atoms with Crippen molar-refractivity contribution in [2.75, 3.05) is 31.6 Å². The number of ether oxygens (including phenoxy) is 2. The van der Waals surface area contributed by atoms with Crippen molar-refractivity contribution in [1.82, 2.24) is 19.6 Å². The molecule has 0 saturated heterocycles. The molecule has 6 rings (SSSR count). The zero-order chi connectivity index (χ0) is 33.2. The molecule has 1 aromatic carbocycles. The molecule has 3 heterocycles. The third-order valence-corrected chi connectivity index (χ3v) is 13.1. The highest BCUT2D eigenvalue weighted by atomic mass is 28.3. The van der Waals surface area contributed by atoms with Gasteiger partial charge in [0, 0.05) is 58.3 Å². The predicted molar refractivity (Wildman–Crippen MR) is 200 cm³/mol. The smallest absolute Gasteiger partial charge is 0.165 e. The van der Waals surface area contributed by atoms with Crippen molar-refractivity contribution in [3.63, 3.8) is 0 Å². The number of benzene rings is 1. The summed E-state index contributed by atoms with van der Waals surface area (Å²) in [6.45, 7) is 19.2. The van der Waals surface area contributed by atoms with Crippen molar-refractivity contribution in [3.05, 3.63) is 72.7 Å². The van der Waals surface area contributed by atoms with E-state index in [0.29, 0.717) is 19.4 Å². The quantitative estimate of drug-likeness (QED) is 0.0759. The van der Waals surface area contributed by atoms with Crippen LogP contribution in [0.3, 0.4) is 0 Å². The molecule has 1 fully saturated rings. The van der Waals surface area contributed by atoms with Crippen LogP contribution in [0.5, 0.6) is 0 Å². The molecule has 3 atom stereocenters. The SMILES string of the molecule is CC1CC2C=C(c3cc(N(COCC[Si](C)(C)C)COCC[Si](C)(C)C)n4ncc(-c5ccc(-c6ccccc6)nc5)c4n3)CC1C2. The summed E-state index contributed by atoms with van der Waals surface area (Å²) in [7, 11) is -2.44. The standard InChI is InChI=1S/C38H53N5O2Si2/c1-28-19-29-20-32(28)22-33(21-29)36-23-37(42(26-44-15-17-46(2,3)4)27-45-16-18-47(5,6)7)43-38(41-36)34(25-40-43)31-13-14-35(39-24-31)30-11-9-8-10-12-30/h8-14,21,23-25,28-29,32H,15-20,22,26-27H2,1-7H3. The highest BCUT2D eigenvalue weighted by Crippen LogP contribution is 2.47. The van der Waals surface area contributed by atoms with E-state index in [1.807, 2.05) is 35.1 Å². The number of nitrogens with zero attached hydrogens (tertiary/aromatic N) is 5. The van der Waals surface area contributed by atoms with Gasteiger partial charge in [-0.1, -0.05) is 88.7 Å². The van der Waals surface area contributed by atoms with E-state index in [4.69, 9.17) is 24.5 Å². The molecule has 0 spiro atoms. The Hall–Kier alpha value is -3.12. The van der Waals surface area contributed by atoms with Crippen LogP contribution in [0.4, 0.5) is 5.82 Å². The van der Waals surface area contributed by atoms with Gasteiger partial charge in [-0.3, -0.25) is 4.98 Å². The highest BCUT2D eigenvalue weighted by molar-refractivity contribution is 6.76. The van der Waals surface area contributed by atoms with E-state index in [1.54, 1.807) is 0 Å². The van der Waals surface area contributed by atoms with E-state index in [-0.39, 0.29) is 0 Å². The second-order valence-corrected chi connectivity index (χ2v) is 27.4. The van der Waals surface area contributed by atoms with Gasteiger partial charge < -0.3 is 14.4 Å².